The van der Waals surface area contributed by atoms with Gasteiger partial charge in [-0.3, -0.25) is 9.59 Å². The predicted octanol–water partition coefficient (Wildman–Crippen LogP) is 3.00. The molecule has 1 unspecified atom stereocenters. The lowest BCUT2D eigenvalue weighted by atomic mass is 9.79. The van der Waals surface area contributed by atoms with Crippen molar-refractivity contribution in [3.63, 3.8) is 0 Å². The van der Waals surface area contributed by atoms with Crippen molar-refractivity contribution >= 4 is 11.6 Å². The summed E-state index contributed by atoms with van der Waals surface area (Å²) < 4.78 is 0. The van der Waals surface area contributed by atoms with Crippen LogP contribution in [0.2, 0.25) is 0 Å². The molecule has 0 aromatic heterocycles. The number of ketones is 2. The van der Waals surface area contributed by atoms with Crippen LogP contribution in [-0.2, 0) is 9.59 Å². The monoisotopic (exact) mass is 246 g/mol. The largest absolute Gasteiger partial charge is 0.300 e. The Kier molecular flexibility index (Phi) is 7.06. The Morgan fingerprint density at radius 3 is 2.22 bits per heavy atom. The molecule has 0 N–H and O–H groups in total. The molecule has 0 aliphatic rings. The maximum atomic E-state index is 12.1. The van der Waals surface area contributed by atoms with Crippen molar-refractivity contribution in [1.29, 1.82) is 0 Å². The molecule has 0 radical (unpaired) electrons. The fourth-order valence-corrected chi connectivity index (χ4v) is 1.78. The van der Waals surface area contributed by atoms with Crippen molar-refractivity contribution in [2.45, 2.75) is 52.9 Å². The zero-order valence-corrected chi connectivity index (χ0v) is 11.6. The smallest absolute Gasteiger partial charge is 0.142 e. The second-order valence-electron chi connectivity index (χ2n) is 5.52. The van der Waals surface area contributed by atoms with Gasteiger partial charge in [0.15, 0.2) is 0 Å². The van der Waals surface area contributed by atoms with Gasteiger partial charge in [0, 0.05) is 37.0 Å². The van der Waals surface area contributed by atoms with E-state index in [0.717, 1.165) is 0 Å². The zero-order chi connectivity index (χ0) is 14.2. The van der Waals surface area contributed by atoms with Crippen LogP contribution in [0, 0.1) is 36.0 Å². The summed E-state index contributed by atoms with van der Waals surface area (Å²) in [6.07, 6.45) is 12.7. The molecule has 0 aromatic carbocycles. The first-order valence-electron chi connectivity index (χ1n) is 6.25. The van der Waals surface area contributed by atoms with Crippen molar-refractivity contribution in [2.24, 2.45) is 11.3 Å². The number of hydrogen-bond acceptors (Lipinski definition) is 2. The molecular formula is C16H22O2. The molecule has 0 amide bonds. The molecular weight excluding hydrogens is 224 g/mol. The minimum absolute atomic E-state index is 0.0609. The number of carbonyl (C=O) groups is 2. The van der Waals surface area contributed by atoms with E-state index >= 15 is 0 Å². The first-order valence-corrected chi connectivity index (χ1v) is 6.25. The molecule has 0 bridgehead atoms. The normalized spacial score (nSPS) is 12.3. The van der Waals surface area contributed by atoms with Crippen LogP contribution < -0.4 is 0 Å². The summed E-state index contributed by atoms with van der Waals surface area (Å²) in [5, 5.41) is 0. The lowest BCUT2D eigenvalue weighted by Gasteiger charge is -2.22. The molecule has 0 saturated carbocycles. The first-order chi connectivity index (χ1) is 8.32. The maximum Gasteiger partial charge on any atom is 0.142 e. The van der Waals surface area contributed by atoms with Gasteiger partial charge in [-0.25, -0.2) is 0 Å². The fourth-order valence-electron chi connectivity index (χ4n) is 1.78. The Hall–Kier alpha value is -1.54. The number of unbranched alkanes of at least 4 members (excludes halogenated alkanes) is 1. The summed E-state index contributed by atoms with van der Waals surface area (Å²) in [6, 6.07) is 0. The highest BCUT2D eigenvalue weighted by atomic mass is 16.1. The molecule has 18 heavy (non-hydrogen) atoms. The van der Waals surface area contributed by atoms with E-state index in [0.29, 0.717) is 25.7 Å². The van der Waals surface area contributed by atoms with Gasteiger partial charge in [0.2, 0.25) is 0 Å². The van der Waals surface area contributed by atoms with E-state index in [-0.39, 0.29) is 23.9 Å². The molecule has 1 atom stereocenters. The average molecular weight is 246 g/mol. The van der Waals surface area contributed by atoms with E-state index in [1.807, 2.05) is 20.8 Å². The van der Waals surface area contributed by atoms with Gasteiger partial charge in [-0.2, -0.15) is 0 Å². The van der Waals surface area contributed by atoms with Crippen LogP contribution in [0.1, 0.15) is 52.9 Å². The van der Waals surface area contributed by atoms with Gasteiger partial charge in [-0.05, 0) is 6.42 Å². The number of terminal acetylenes is 2. The van der Waals surface area contributed by atoms with E-state index in [1.54, 1.807) is 0 Å². The molecule has 0 fully saturated rings. The molecule has 0 heterocycles. The number of Topliss-reactive ketones (excluding diaryl/α,β-unsaturated/α-hetero) is 2. The van der Waals surface area contributed by atoms with E-state index < -0.39 is 5.41 Å². The maximum absolute atomic E-state index is 12.1. The minimum Gasteiger partial charge on any atom is -0.300 e. The highest BCUT2D eigenvalue weighted by Crippen LogP contribution is 2.25. The summed E-state index contributed by atoms with van der Waals surface area (Å²) in [4.78, 5) is 23.9. The van der Waals surface area contributed by atoms with Crippen LogP contribution >= 0.6 is 0 Å². The van der Waals surface area contributed by atoms with Crippen LogP contribution in [0.5, 0.6) is 0 Å². The van der Waals surface area contributed by atoms with Gasteiger partial charge in [0.05, 0.1) is 0 Å². The third-order valence-electron chi connectivity index (χ3n) is 2.73. The molecule has 0 aromatic rings. The lowest BCUT2D eigenvalue weighted by Crippen LogP contribution is -2.29. The summed E-state index contributed by atoms with van der Waals surface area (Å²) >= 11 is 0. The standard InChI is InChI=1S/C16H22O2/c1-6-8-9-11-14(17)12-13(10-7-2)15(18)16(3,4)5/h1-2,13H,8-12H2,3-5H3. The predicted molar refractivity (Wildman–Crippen MR) is 73.7 cm³/mol. The quantitative estimate of drug-likeness (QED) is 0.511. The number of carbonyl (C=O) groups excluding carboxylic acids is 2. The highest BCUT2D eigenvalue weighted by Gasteiger charge is 2.30. The van der Waals surface area contributed by atoms with Gasteiger partial charge in [0.25, 0.3) is 0 Å². The van der Waals surface area contributed by atoms with Crippen LogP contribution in [-0.4, -0.2) is 11.6 Å². The Bertz CT molecular complexity index is 371. The Balaban J connectivity index is 4.47. The van der Waals surface area contributed by atoms with Crippen molar-refractivity contribution < 1.29 is 9.59 Å². The van der Waals surface area contributed by atoms with E-state index in [4.69, 9.17) is 12.8 Å². The van der Waals surface area contributed by atoms with E-state index in [1.165, 1.54) is 0 Å². The molecule has 98 valence electrons. The van der Waals surface area contributed by atoms with E-state index in [9.17, 15) is 9.59 Å². The summed E-state index contributed by atoms with van der Waals surface area (Å²) in [7, 11) is 0. The van der Waals surface area contributed by atoms with Gasteiger partial charge in [0.1, 0.15) is 11.6 Å². The molecule has 0 saturated heterocycles. The van der Waals surface area contributed by atoms with Gasteiger partial charge < -0.3 is 0 Å². The third kappa shape index (κ3) is 6.26. The number of rotatable bonds is 7. The first kappa shape index (κ1) is 16.5. The van der Waals surface area contributed by atoms with Crippen LogP contribution in [0.25, 0.3) is 0 Å². The second kappa shape index (κ2) is 7.72. The SMILES string of the molecule is C#CCCCC(=O)CC(CC#C)C(=O)C(C)(C)C. The molecule has 0 spiro atoms. The summed E-state index contributed by atoms with van der Waals surface area (Å²) in [5.41, 5.74) is -0.458. The van der Waals surface area contributed by atoms with Gasteiger partial charge in [-0.15, -0.1) is 24.7 Å². The van der Waals surface area contributed by atoms with Gasteiger partial charge >= 0.3 is 0 Å². The Morgan fingerprint density at radius 2 is 1.78 bits per heavy atom. The van der Waals surface area contributed by atoms with Crippen LogP contribution in [0.4, 0.5) is 0 Å². The van der Waals surface area contributed by atoms with Gasteiger partial charge in [-0.1, -0.05) is 20.8 Å². The molecule has 0 aliphatic carbocycles. The Labute approximate surface area is 111 Å². The summed E-state index contributed by atoms with van der Waals surface area (Å²) in [6.45, 7) is 5.55. The van der Waals surface area contributed by atoms with Crippen molar-refractivity contribution in [3.05, 3.63) is 0 Å². The minimum atomic E-state index is -0.458. The lowest BCUT2D eigenvalue weighted by molar-refractivity contribution is -0.133. The van der Waals surface area contributed by atoms with Crippen LogP contribution in [0.15, 0.2) is 0 Å². The average Bonchev–Trinajstić information content (AvgIpc) is 2.26. The highest BCUT2D eigenvalue weighted by molar-refractivity contribution is 5.91. The van der Waals surface area contributed by atoms with Crippen LogP contribution in [0.3, 0.4) is 0 Å². The molecule has 0 aliphatic heterocycles. The third-order valence-corrected chi connectivity index (χ3v) is 2.73. The van der Waals surface area contributed by atoms with Crippen molar-refractivity contribution in [2.75, 3.05) is 0 Å². The Morgan fingerprint density at radius 1 is 1.17 bits per heavy atom. The topological polar surface area (TPSA) is 34.1 Å². The van der Waals surface area contributed by atoms with Crippen molar-refractivity contribution in [1.82, 2.24) is 0 Å². The fraction of sp³-hybridized carbons (Fsp3) is 0.625. The summed E-state index contributed by atoms with van der Waals surface area (Å²) in [5.74, 6) is 4.76. The zero-order valence-electron chi connectivity index (χ0n) is 11.6. The molecule has 2 heteroatoms. The molecule has 2 nitrogen and oxygen atoms in total. The molecule has 0 rings (SSSR count). The van der Waals surface area contributed by atoms with E-state index in [2.05, 4.69) is 11.8 Å². The van der Waals surface area contributed by atoms with Crippen molar-refractivity contribution in [3.8, 4) is 24.7 Å². The second-order valence-corrected chi connectivity index (χ2v) is 5.52. The number of hydrogen-bond donors (Lipinski definition) is 0.